The van der Waals surface area contributed by atoms with Gasteiger partial charge in [-0.05, 0) is 44.4 Å². The van der Waals surface area contributed by atoms with E-state index in [0.717, 1.165) is 24.0 Å². The van der Waals surface area contributed by atoms with Crippen LogP contribution < -0.4 is 10.6 Å². The van der Waals surface area contributed by atoms with Crippen molar-refractivity contribution < 1.29 is 9.50 Å². The second-order valence-electron chi connectivity index (χ2n) is 7.52. The van der Waals surface area contributed by atoms with E-state index >= 15 is 0 Å². The Bertz CT molecular complexity index is 816. The lowest BCUT2D eigenvalue weighted by Crippen LogP contribution is -2.42. The third-order valence-electron chi connectivity index (χ3n) is 5.10. The number of rotatable bonds is 7. The Hall–Kier alpha value is -1.68. The molecule has 8 heteroatoms. The summed E-state index contributed by atoms with van der Waals surface area (Å²) in [5.74, 6) is 0.441. The Morgan fingerprint density at radius 1 is 1.39 bits per heavy atom. The summed E-state index contributed by atoms with van der Waals surface area (Å²) < 4.78 is 15.2. The van der Waals surface area contributed by atoms with E-state index in [9.17, 15) is 9.50 Å². The van der Waals surface area contributed by atoms with Gasteiger partial charge in [0, 0.05) is 37.3 Å². The van der Waals surface area contributed by atoms with Crippen molar-refractivity contribution in [3.8, 4) is 0 Å². The second-order valence-corrected chi connectivity index (χ2v) is 7.52. The van der Waals surface area contributed by atoms with Crippen molar-refractivity contribution in [1.82, 2.24) is 20.4 Å². The molecule has 3 N–H and O–H groups in total. The minimum absolute atomic E-state index is 0. The van der Waals surface area contributed by atoms with E-state index in [4.69, 9.17) is 0 Å². The van der Waals surface area contributed by atoms with Crippen molar-refractivity contribution >= 4 is 29.9 Å². The van der Waals surface area contributed by atoms with Gasteiger partial charge in [-0.3, -0.25) is 4.68 Å². The van der Waals surface area contributed by atoms with Crippen LogP contribution in [-0.2, 0) is 18.1 Å². The van der Waals surface area contributed by atoms with Gasteiger partial charge < -0.3 is 15.7 Å². The maximum Gasteiger partial charge on any atom is 0.191 e. The van der Waals surface area contributed by atoms with Crippen LogP contribution in [0.2, 0.25) is 0 Å². The smallest absolute Gasteiger partial charge is 0.191 e. The standard InChI is InChI=1S/C20H28FN5O.HI/c1-4-22-18(23-13-19(2,27)16-11-25-26(3)12-16)24-14-20(8-9-20)15-6-5-7-17(21)10-15;/h5-7,10-12,27H,4,8-9,13-14H2,1-3H3,(H2,22,23,24);1H. The molecule has 154 valence electrons. The lowest BCUT2D eigenvalue weighted by atomic mass is 9.96. The molecule has 0 amide bonds. The number of nitrogens with zero attached hydrogens (tertiary/aromatic N) is 3. The van der Waals surface area contributed by atoms with Crippen LogP contribution in [0.3, 0.4) is 0 Å². The Morgan fingerprint density at radius 3 is 2.71 bits per heavy atom. The van der Waals surface area contributed by atoms with Crippen LogP contribution in [0.1, 0.15) is 37.8 Å². The molecule has 28 heavy (non-hydrogen) atoms. The highest BCUT2D eigenvalue weighted by Crippen LogP contribution is 2.47. The fraction of sp³-hybridized carbons (Fsp3) is 0.500. The summed E-state index contributed by atoms with van der Waals surface area (Å²) in [6, 6.07) is 6.83. The van der Waals surface area contributed by atoms with E-state index in [1.54, 1.807) is 36.1 Å². The average molecular weight is 501 g/mol. The molecule has 1 aliphatic carbocycles. The molecule has 1 saturated carbocycles. The molecule has 2 aromatic rings. The Labute approximate surface area is 182 Å². The maximum absolute atomic E-state index is 13.6. The van der Waals surface area contributed by atoms with Gasteiger partial charge in [0.2, 0.25) is 0 Å². The zero-order valence-electron chi connectivity index (χ0n) is 16.6. The van der Waals surface area contributed by atoms with E-state index < -0.39 is 5.60 Å². The van der Waals surface area contributed by atoms with Crippen molar-refractivity contribution in [3.05, 3.63) is 53.6 Å². The van der Waals surface area contributed by atoms with Gasteiger partial charge in [0.1, 0.15) is 11.4 Å². The van der Waals surface area contributed by atoms with Crippen LogP contribution in [-0.4, -0.2) is 40.5 Å². The molecule has 1 atom stereocenters. The Morgan fingerprint density at radius 2 is 2.14 bits per heavy atom. The summed E-state index contributed by atoms with van der Waals surface area (Å²) in [4.78, 5) is 4.55. The number of hydrogen-bond donors (Lipinski definition) is 3. The summed E-state index contributed by atoms with van der Waals surface area (Å²) >= 11 is 0. The van der Waals surface area contributed by atoms with E-state index in [2.05, 4.69) is 20.7 Å². The van der Waals surface area contributed by atoms with Crippen molar-refractivity contribution in [3.63, 3.8) is 0 Å². The fourth-order valence-electron chi connectivity index (χ4n) is 3.16. The quantitative estimate of drug-likeness (QED) is 0.310. The molecule has 0 spiro atoms. The number of guanidine groups is 1. The van der Waals surface area contributed by atoms with Gasteiger partial charge in [-0.2, -0.15) is 5.10 Å². The number of benzene rings is 1. The lowest BCUT2D eigenvalue weighted by molar-refractivity contribution is 0.0672. The van der Waals surface area contributed by atoms with Gasteiger partial charge in [-0.15, -0.1) is 24.0 Å². The Balaban J connectivity index is 0.00000280. The van der Waals surface area contributed by atoms with Gasteiger partial charge in [-0.25, -0.2) is 9.38 Å². The van der Waals surface area contributed by atoms with Crippen molar-refractivity contribution in [2.75, 3.05) is 19.6 Å². The monoisotopic (exact) mass is 501 g/mol. The molecule has 1 aromatic carbocycles. The normalized spacial score (nSPS) is 17.4. The first kappa shape index (κ1) is 22.6. The lowest BCUT2D eigenvalue weighted by Gasteiger charge is -2.22. The summed E-state index contributed by atoms with van der Waals surface area (Å²) in [7, 11) is 1.82. The molecule has 0 radical (unpaired) electrons. The van der Waals surface area contributed by atoms with Gasteiger partial charge >= 0.3 is 0 Å². The van der Waals surface area contributed by atoms with E-state index in [0.29, 0.717) is 19.0 Å². The minimum atomic E-state index is -1.10. The van der Waals surface area contributed by atoms with Gasteiger partial charge in [0.05, 0.1) is 12.7 Å². The number of aryl methyl sites for hydroxylation is 1. The Kier molecular flexibility index (Phi) is 7.44. The molecule has 1 heterocycles. The molecule has 1 aliphatic rings. The first-order valence-corrected chi connectivity index (χ1v) is 9.34. The predicted octanol–water partition coefficient (Wildman–Crippen LogP) is 2.67. The van der Waals surface area contributed by atoms with Crippen LogP contribution >= 0.6 is 24.0 Å². The number of aromatic nitrogens is 2. The van der Waals surface area contributed by atoms with Crippen LogP contribution in [0.15, 0.2) is 41.7 Å². The second kappa shape index (κ2) is 9.21. The molecule has 1 unspecified atom stereocenters. The SMILES string of the molecule is CCNC(=NCC(C)(O)c1cnn(C)c1)NCC1(c2cccc(F)c2)CC1.I. The van der Waals surface area contributed by atoms with Crippen LogP contribution in [0.5, 0.6) is 0 Å². The average Bonchev–Trinajstić information content (AvgIpc) is 3.30. The molecule has 0 aliphatic heterocycles. The van der Waals surface area contributed by atoms with Gasteiger partial charge in [-0.1, -0.05) is 12.1 Å². The first-order chi connectivity index (χ1) is 12.8. The van der Waals surface area contributed by atoms with Crippen molar-refractivity contribution in [2.24, 2.45) is 12.0 Å². The van der Waals surface area contributed by atoms with E-state index in [1.807, 2.05) is 20.0 Å². The highest BCUT2D eigenvalue weighted by Gasteiger charge is 2.44. The molecule has 0 saturated heterocycles. The minimum Gasteiger partial charge on any atom is -0.383 e. The predicted molar refractivity (Wildman–Crippen MR) is 119 cm³/mol. The summed E-state index contributed by atoms with van der Waals surface area (Å²) in [6.45, 7) is 5.33. The zero-order chi connectivity index (χ0) is 19.5. The molecule has 0 bridgehead atoms. The molecule has 1 fully saturated rings. The number of hydrogen-bond acceptors (Lipinski definition) is 3. The summed E-state index contributed by atoms with van der Waals surface area (Å²) in [6.07, 6.45) is 5.49. The highest BCUT2D eigenvalue weighted by molar-refractivity contribution is 14.0. The summed E-state index contributed by atoms with van der Waals surface area (Å²) in [5.41, 5.74) is 0.608. The van der Waals surface area contributed by atoms with Gasteiger partial charge in [0.25, 0.3) is 0 Å². The third-order valence-corrected chi connectivity index (χ3v) is 5.10. The van der Waals surface area contributed by atoms with Crippen LogP contribution in [0.4, 0.5) is 4.39 Å². The zero-order valence-corrected chi connectivity index (χ0v) is 18.9. The highest BCUT2D eigenvalue weighted by atomic mass is 127. The van der Waals surface area contributed by atoms with Crippen LogP contribution in [0, 0.1) is 5.82 Å². The number of nitrogens with one attached hydrogen (secondary N) is 2. The molecular weight excluding hydrogens is 472 g/mol. The van der Waals surface area contributed by atoms with Gasteiger partial charge in [0.15, 0.2) is 5.96 Å². The van der Waals surface area contributed by atoms with E-state index in [1.165, 1.54) is 6.07 Å². The van der Waals surface area contributed by atoms with Crippen molar-refractivity contribution in [2.45, 2.75) is 37.7 Å². The maximum atomic E-state index is 13.6. The fourth-order valence-corrected chi connectivity index (χ4v) is 3.16. The topological polar surface area (TPSA) is 74.5 Å². The molecule has 3 rings (SSSR count). The number of aliphatic imine (C=N–C) groups is 1. The number of halogens is 2. The summed E-state index contributed by atoms with van der Waals surface area (Å²) in [5, 5.41) is 21.4. The molecule has 1 aromatic heterocycles. The van der Waals surface area contributed by atoms with E-state index in [-0.39, 0.29) is 41.8 Å². The van der Waals surface area contributed by atoms with Crippen LogP contribution in [0.25, 0.3) is 0 Å². The third kappa shape index (κ3) is 5.44. The largest absolute Gasteiger partial charge is 0.383 e. The molecular formula is C20H29FIN5O. The van der Waals surface area contributed by atoms with Crippen molar-refractivity contribution in [1.29, 1.82) is 0 Å². The number of aliphatic hydroxyl groups is 1. The first-order valence-electron chi connectivity index (χ1n) is 9.34. The molecule has 6 nitrogen and oxygen atoms in total.